The van der Waals surface area contributed by atoms with Gasteiger partial charge >= 0.3 is 11.9 Å². The SMILES string of the molecule is COC(=O)c1ccccc1OC(=O)c1ccc2c(c1)[C@@H]1C=CC[C@@H]1[C@@H](c1ccc(F)cc1)N2. The van der Waals surface area contributed by atoms with Crippen LogP contribution in [0.25, 0.3) is 0 Å². The number of anilines is 1. The molecule has 0 aromatic heterocycles. The van der Waals surface area contributed by atoms with Gasteiger partial charge in [-0.15, -0.1) is 0 Å². The molecule has 0 amide bonds. The van der Waals surface area contributed by atoms with Crippen molar-refractivity contribution in [3.05, 3.63) is 107 Å². The number of carbonyl (C=O) groups excluding carboxylic acids is 2. The van der Waals surface area contributed by atoms with Gasteiger partial charge in [0.1, 0.15) is 17.1 Å². The highest BCUT2D eigenvalue weighted by atomic mass is 19.1. The Labute approximate surface area is 190 Å². The number of hydrogen-bond donors (Lipinski definition) is 1. The van der Waals surface area contributed by atoms with Crippen LogP contribution in [0, 0.1) is 11.7 Å². The Morgan fingerprint density at radius 2 is 1.79 bits per heavy atom. The lowest BCUT2D eigenvalue weighted by atomic mass is 9.76. The summed E-state index contributed by atoms with van der Waals surface area (Å²) >= 11 is 0. The fourth-order valence-electron chi connectivity index (χ4n) is 4.71. The van der Waals surface area contributed by atoms with Gasteiger partial charge in [0.2, 0.25) is 0 Å². The first-order valence-corrected chi connectivity index (χ1v) is 10.8. The molecule has 3 aromatic carbocycles. The predicted octanol–water partition coefficient (Wildman–Crippen LogP) is 5.66. The molecule has 33 heavy (non-hydrogen) atoms. The van der Waals surface area contributed by atoms with Gasteiger partial charge in [-0.3, -0.25) is 0 Å². The summed E-state index contributed by atoms with van der Waals surface area (Å²) in [5.74, 6) is -0.832. The van der Waals surface area contributed by atoms with Crippen molar-refractivity contribution in [1.29, 1.82) is 0 Å². The first-order valence-electron chi connectivity index (χ1n) is 10.8. The van der Waals surface area contributed by atoms with Crippen molar-refractivity contribution in [3.63, 3.8) is 0 Å². The van der Waals surface area contributed by atoms with Crippen LogP contribution in [0.4, 0.5) is 10.1 Å². The third-order valence-electron chi connectivity index (χ3n) is 6.32. The van der Waals surface area contributed by atoms with E-state index in [4.69, 9.17) is 9.47 Å². The minimum atomic E-state index is -0.571. The summed E-state index contributed by atoms with van der Waals surface area (Å²) in [5, 5.41) is 3.58. The molecule has 166 valence electrons. The van der Waals surface area contributed by atoms with E-state index in [-0.39, 0.29) is 35.0 Å². The quantitative estimate of drug-likeness (QED) is 0.320. The summed E-state index contributed by atoms with van der Waals surface area (Å²) in [5.41, 5.74) is 3.57. The zero-order valence-electron chi connectivity index (χ0n) is 18.0. The van der Waals surface area contributed by atoms with Crippen LogP contribution in [0.3, 0.4) is 0 Å². The van der Waals surface area contributed by atoms with E-state index in [0.29, 0.717) is 5.56 Å². The second-order valence-electron chi connectivity index (χ2n) is 8.21. The Bertz CT molecular complexity index is 1250. The standard InChI is InChI=1S/C27H22FNO4/c1-32-27(31)21-5-2-3-8-24(21)33-26(30)17-11-14-23-22(15-17)19-6-4-7-20(19)25(29-23)16-9-12-18(28)13-10-16/h2-6,8-15,19-20,25,29H,7H2,1H3/t19-,20+,25-/m1/s1. The molecule has 0 radical (unpaired) electrons. The fourth-order valence-corrected chi connectivity index (χ4v) is 4.71. The Morgan fingerprint density at radius 3 is 2.58 bits per heavy atom. The molecule has 0 fully saturated rings. The van der Waals surface area contributed by atoms with Crippen molar-refractivity contribution < 1.29 is 23.5 Å². The van der Waals surface area contributed by atoms with Crippen molar-refractivity contribution in [1.82, 2.24) is 0 Å². The molecule has 0 saturated carbocycles. The monoisotopic (exact) mass is 443 g/mol. The maximum absolute atomic E-state index is 13.4. The average Bonchev–Trinajstić information content (AvgIpc) is 3.34. The van der Waals surface area contributed by atoms with E-state index in [0.717, 1.165) is 23.2 Å². The van der Waals surface area contributed by atoms with Crippen LogP contribution in [-0.2, 0) is 4.74 Å². The number of methoxy groups -OCH3 is 1. The average molecular weight is 443 g/mol. The van der Waals surface area contributed by atoms with Crippen LogP contribution in [0.5, 0.6) is 5.75 Å². The minimum Gasteiger partial charge on any atom is -0.465 e. The Balaban J connectivity index is 1.43. The van der Waals surface area contributed by atoms with Gasteiger partial charge in [-0.2, -0.15) is 0 Å². The minimum absolute atomic E-state index is 0.0443. The third kappa shape index (κ3) is 3.89. The largest absolute Gasteiger partial charge is 0.465 e. The van der Waals surface area contributed by atoms with Crippen LogP contribution in [0.1, 0.15) is 50.2 Å². The van der Waals surface area contributed by atoms with E-state index in [9.17, 15) is 14.0 Å². The number of allylic oxidation sites excluding steroid dienone is 2. The topological polar surface area (TPSA) is 64.6 Å². The van der Waals surface area contributed by atoms with E-state index >= 15 is 0 Å². The summed E-state index contributed by atoms with van der Waals surface area (Å²) in [6, 6.07) is 18.5. The molecule has 3 atom stereocenters. The molecule has 1 aliphatic carbocycles. The van der Waals surface area contributed by atoms with Crippen LogP contribution < -0.4 is 10.1 Å². The predicted molar refractivity (Wildman–Crippen MR) is 122 cm³/mol. The molecule has 1 heterocycles. The van der Waals surface area contributed by atoms with Crippen molar-refractivity contribution in [3.8, 4) is 5.75 Å². The molecule has 2 aliphatic rings. The van der Waals surface area contributed by atoms with Gasteiger partial charge in [-0.1, -0.05) is 36.4 Å². The molecule has 0 bridgehead atoms. The van der Waals surface area contributed by atoms with E-state index in [1.807, 2.05) is 24.3 Å². The zero-order valence-corrected chi connectivity index (χ0v) is 18.0. The third-order valence-corrected chi connectivity index (χ3v) is 6.32. The smallest absolute Gasteiger partial charge is 0.343 e. The number of benzene rings is 3. The lowest BCUT2D eigenvalue weighted by molar-refractivity contribution is 0.0593. The normalized spacial score (nSPS) is 20.4. The number of esters is 2. The van der Waals surface area contributed by atoms with Crippen molar-refractivity contribution in [2.75, 3.05) is 12.4 Å². The van der Waals surface area contributed by atoms with Crippen LogP contribution >= 0.6 is 0 Å². The molecule has 0 spiro atoms. The molecule has 3 aromatic rings. The maximum Gasteiger partial charge on any atom is 0.343 e. The van der Waals surface area contributed by atoms with Gasteiger partial charge in [0.25, 0.3) is 0 Å². The highest BCUT2D eigenvalue weighted by molar-refractivity contribution is 5.96. The number of halogens is 1. The number of hydrogen-bond acceptors (Lipinski definition) is 5. The molecular formula is C27H22FNO4. The summed E-state index contributed by atoms with van der Waals surface area (Å²) in [4.78, 5) is 24.9. The van der Waals surface area contributed by atoms with Gasteiger partial charge in [-0.05, 0) is 65.9 Å². The van der Waals surface area contributed by atoms with Gasteiger partial charge in [0.15, 0.2) is 0 Å². The second kappa shape index (κ2) is 8.54. The number of nitrogens with one attached hydrogen (secondary N) is 1. The molecule has 5 nitrogen and oxygen atoms in total. The van der Waals surface area contributed by atoms with Crippen molar-refractivity contribution in [2.45, 2.75) is 18.4 Å². The number of fused-ring (bicyclic) bond motifs is 3. The number of rotatable bonds is 4. The lowest BCUT2D eigenvalue weighted by Crippen LogP contribution is -2.29. The van der Waals surface area contributed by atoms with Crippen molar-refractivity contribution in [2.24, 2.45) is 5.92 Å². The summed E-state index contributed by atoms with van der Waals surface area (Å²) < 4.78 is 23.7. The Morgan fingerprint density at radius 1 is 1.00 bits per heavy atom. The molecule has 6 heteroatoms. The van der Waals surface area contributed by atoms with Gasteiger partial charge < -0.3 is 14.8 Å². The molecule has 1 N–H and O–H groups in total. The lowest BCUT2D eigenvalue weighted by Gasteiger charge is -2.37. The number of ether oxygens (including phenoxy) is 2. The highest BCUT2D eigenvalue weighted by Gasteiger charge is 2.38. The van der Waals surface area contributed by atoms with E-state index in [2.05, 4.69) is 17.5 Å². The second-order valence-corrected chi connectivity index (χ2v) is 8.21. The number of para-hydroxylation sites is 1. The van der Waals surface area contributed by atoms with E-state index in [1.165, 1.54) is 19.2 Å². The summed E-state index contributed by atoms with van der Waals surface area (Å²) in [6.07, 6.45) is 5.21. The zero-order chi connectivity index (χ0) is 22.9. The first-order chi connectivity index (χ1) is 16.0. The molecule has 1 aliphatic heterocycles. The van der Waals surface area contributed by atoms with Crippen LogP contribution in [0.15, 0.2) is 78.9 Å². The van der Waals surface area contributed by atoms with Gasteiger partial charge in [0.05, 0.1) is 18.7 Å². The molecular weight excluding hydrogens is 421 g/mol. The Kier molecular flexibility index (Phi) is 5.42. The molecule has 0 unspecified atom stereocenters. The van der Waals surface area contributed by atoms with Gasteiger partial charge in [0, 0.05) is 11.6 Å². The van der Waals surface area contributed by atoms with Crippen LogP contribution in [-0.4, -0.2) is 19.0 Å². The van der Waals surface area contributed by atoms with E-state index < -0.39 is 11.9 Å². The summed E-state index contributed by atoms with van der Waals surface area (Å²) in [7, 11) is 1.28. The van der Waals surface area contributed by atoms with Crippen LogP contribution in [0.2, 0.25) is 0 Å². The fraction of sp³-hybridized carbons (Fsp3) is 0.185. The maximum atomic E-state index is 13.4. The van der Waals surface area contributed by atoms with Gasteiger partial charge in [-0.25, -0.2) is 14.0 Å². The first kappa shape index (κ1) is 20.9. The molecule has 0 saturated heterocycles. The van der Waals surface area contributed by atoms with E-state index in [1.54, 1.807) is 30.3 Å². The molecule has 5 rings (SSSR count). The highest BCUT2D eigenvalue weighted by Crippen LogP contribution is 2.50. The summed E-state index contributed by atoms with van der Waals surface area (Å²) in [6.45, 7) is 0. The Hall–Kier alpha value is -3.93. The number of carbonyl (C=O) groups is 2. The van der Waals surface area contributed by atoms with Crippen molar-refractivity contribution >= 4 is 17.6 Å².